The van der Waals surface area contributed by atoms with Gasteiger partial charge in [-0.25, -0.2) is 21.4 Å². The Morgan fingerprint density at radius 3 is 2.65 bits per heavy atom. The lowest BCUT2D eigenvalue weighted by Crippen LogP contribution is -2.42. The van der Waals surface area contributed by atoms with Crippen molar-refractivity contribution in [3.63, 3.8) is 0 Å². The molecule has 1 amide bonds. The largest absolute Gasteiger partial charge is 0.348 e. The molecular weight excluding hydrogens is 354 g/mol. The molecule has 2 nitrogen and oxygen atoms in total. The van der Waals surface area contributed by atoms with Gasteiger partial charge >= 0.3 is 0 Å². The molecule has 2 bridgehead atoms. The van der Waals surface area contributed by atoms with Gasteiger partial charge in [-0.1, -0.05) is 24.1 Å². The number of hydrogen-bond donors (Lipinski definition) is 1. The topological polar surface area (TPSA) is 29.1 Å². The van der Waals surface area contributed by atoms with Crippen LogP contribution in [0.4, 0.5) is 8.78 Å². The minimum absolute atomic E-state index is 0.0571. The van der Waals surface area contributed by atoms with Crippen molar-refractivity contribution >= 4 is 24.8 Å². The van der Waals surface area contributed by atoms with E-state index >= 15 is 0 Å². The van der Waals surface area contributed by atoms with Gasteiger partial charge in [0.1, 0.15) is 11.5 Å². The first-order valence-electron chi connectivity index (χ1n) is 9.59. The predicted octanol–water partition coefficient (Wildman–Crippen LogP) is 5.18. The zero-order valence-electron chi connectivity index (χ0n) is 15.1. The number of carbonyl (C=O) groups excluding carboxylic acids is 1. The monoisotopic (exact) mass is 378 g/mol. The molecule has 2 aliphatic carbocycles. The number of carbonyl (C=O) groups is 1. The zero-order chi connectivity index (χ0) is 18.5. The summed E-state index contributed by atoms with van der Waals surface area (Å²) >= 11 is 6.49. The van der Waals surface area contributed by atoms with Crippen molar-refractivity contribution in [1.29, 1.82) is 0 Å². The van der Waals surface area contributed by atoms with Crippen LogP contribution in [0.3, 0.4) is 0 Å². The molecule has 3 fully saturated rings. The van der Waals surface area contributed by atoms with E-state index in [0.717, 1.165) is 24.6 Å². The highest BCUT2D eigenvalue weighted by Gasteiger charge is 2.59. The van der Waals surface area contributed by atoms with Gasteiger partial charge in [-0.3, -0.25) is 4.79 Å². The summed E-state index contributed by atoms with van der Waals surface area (Å²) in [6, 6.07) is 2.48. The van der Waals surface area contributed by atoms with E-state index < -0.39 is 22.9 Å². The van der Waals surface area contributed by atoms with Crippen molar-refractivity contribution in [3.05, 3.63) is 34.1 Å². The summed E-state index contributed by atoms with van der Waals surface area (Å²) in [5.74, 6) is -0.543. The van der Waals surface area contributed by atoms with Gasteiger partial charge < -0.3 is 12.6 Å². The van der Waals surface area contributed by atoms with Gasteiger partial charge in [0, 0.05) is 5.56 Å². The predicted molar refractivity (Wildman–Crippen MR) is 99.9 cm³/mol. The number of aryl methyl sites for hydroxylation is 1. The van der Waals surface area contributed by atoms with E-state index in [9.17, 15) is 13.6 Å². The second-order valence-corrected chi connectivity index (χ2v) is 8.90. The van der Waals surface area contributed by atoms with Crippen LogP contribution in [0.5, 0.6) is 0 Å². The molecule has 1 saturated heterocycles. The number of benzene rings is 1. The third-order valence-corrected chi connectivity index (χ3v) is 7.36. The minimum atomic E-state index is -1.17. The second kappa shape index (κ2) is 6.51. The molecule has 1 aromatic rings. The summed E-state index contributed by atoms with van der Waals surface area (Å²) in [6.07, 6.45) is 5.19. The van der Waals surface area contributed by atoms with Crippen molar-refractivity contribution < 1.29 is 13.6 Å². The Balaban J connectivity index is 1.73. The van der Waals surface area contributed by atoms with Crippen LogP contribution in [0.1, 0.15) is 55.7 Å². The van der Waals surface area contributed by atoms with E-state index in [1.165, 1.54) is 6.07 Å². The molecule has 2 unspecified atom stereocenters. The average Bonchev–Trinajstić information content (AvgIpc) is 3.32. The van der Waals surface area contributed by atoms with Crippen LogP contribution in [-0.4, -0.2) is 18.9 Å². The van der Waals surface area contributed by atoms with Crippen LogP contribution in [-0.2, 0) is 4.79 Å². The normalized spacial score (nSPS) is 34.2. The molecule has 0 aromatic heterocycles. The average molecular weight is 379 g/mol. The number of hydrogen-bond acceptors (Lipinski definition) is 1. The summed E-state index contributed by atoms with van der Waals surface area (Å²) in [5.41, 5.74) is -0.495. The standard InChI is InChI=1S/C20H24BClF2NO/c1-12-2-3-14(23)15(16(12)22)17(25-18(26)13-4-9-21-10-13)19-5-7-20(24,11-19)8-6-19/h2-3,13,17H,4-11H2,1H3,(H,25,26)/q-1. The third kappa shape index (κ3) is 2.96. The zero-order valence-corrected chi connectivity index (χ0v) is 15.8. The Bertz CT molecular complexity index is 727. The third-order valence-electron chi connectivity index (χ3n) is 6.86. The van der Waals surface area contributed by atoms with Gasteiger partial charge in [0.25, 0.3) is 0 Å². The van der Waals surface area contributed by atoms with E-state index in [2.05, 4.69) is 12.6 Å². The van der Waals surface area contributed by atoms with Crippen LogP contribution in [0.15, 0.2) is 12.1 Å². The smallest absolute Gasteiger partial charge is 0.220 e. The van der Waals surface area contributed by atoms with Crippen molar-refractivity contribution in [1.82, 2.24) is 5.32 Å². The molecule has 140 valence electrons. The lowest BCUT2D eigenvalue weighted by molar-refractivity contribution is -0.126. The maximum atomic E-state index is 14.9. The first-order valence-corrected chi connectivity index (χ1v) is 9.97. The summed E-state index contributed by atoms with van der Waals surface area (Å²) in [6.45, 7) is 1.83. The van der Waals surface area contributed by atoms with Gasteiger partial charge in [0.2, 0.25) is 5.91 Å². The highest BCUT2D eigenvalue weighted by molar-refractivity contribution is 6.37. The van der Waals surface area contributed by atoms with Gasteiger partial charge in [-0.2, -0.15) is 0 Å². The first-order chi connectivity index (χ1) is 12.3. The molecule has 2 atom stereocenters. The number of nitrogens with one attached hydrogen (secondary N) is 1. The van der Waals surface area contributed by atoms with Gasteiger partial charge in [0.15, 0.2) is 0 Å². The number of fused-ring (bicyclic) bond motifs is 2. The molecule has 4 rings (SSSR count). The highest BCUT2D eigenvalue weighted by atomic mass is 35.5. The quantitative estimate of drug-likeness (QED) is 0.719. The van der Waals surface area contributed by atoms with Crippen LogP contribution in [0.25, 0.3) is 0 Å². The van der Waals surface area contributed by atoms with Gasteiger partial charge in [0.05, 0.1) is 11.1 Å². The van der Waals surface area contributed by atoms with Crippen LogP contribution < -0.4 is 5.32 Å². The molecule has 26 heavy (non-hydrogen) atoms. The van der Waals surface area contributed by atoms with Crippen LogP contribution >= 0.6 is 11.6 Å². The fraction of sp³-hybridized carbons (Fsp3) is 0.650. The lowest BCUT2D eigenvalue weighted by atomic mass is 9.73. The van der Waals surface area contributed by atoms with Crippen molar-refractivity contribution in [2.75, 3.05) is 0 Å². The Labute approximate surface area is 159 Å². The minimum Gasteiger partial charge on any atom is -0.348 e. The summed E-state index contributed by atoms with van der Waals surface area (Å²) < 4.78 is 29.7. The molecular formula is C20H24BClF2NO-. The number of alkyl halides is 1. The summed E-state index contributed by atoms with van der Waals surface area (Å²) in [4.78, 5) is 12.9. The second-order valence-electron chi connectivity index (χ2n) is 8.52. The Hall–Kier alpha value is -1.10. The maximum Gasteiger partial charge on any atom is 0.220 e. The molecule has 1 aromatic carbocycles. The molecule has 2 saturated carbocycles. The van der Waals surface area contributed by atoms with E-state index in [0.29, 0.717) is 42.7 Å². The Morgan fingerprint density at radius 1 is 1.35 bits per heavy atom. The fourth-order valence-corrected chi connectivity index (χ4v) is 5.56. The van der Waals surface area contributed by atoms with Gasteiger partial charge in [-0.15, -0.1) is 0 Å². The summed E-state index contributed by atoms with van der Waals surface area (Å²) in [7, 11) is 2.12. The molecule has 6 heteroatoms. The Kier molecular flexibility index (Phi) is 4.57. The van der Waals surface area contributed by atoms with E-state index in [1.807, 2.05) is 6.92 Å². The lowest BCUT2D eigenvalue weighted by Gasteiger charge is -2.38. The van der Waals surface area contributed by atoms with Crippen LogP contribution in [0.2, 0.25) is 17.7 Å². The molecule has 3 aliphatic rings. The Morgan fingerprint density at radius 2 is 2.08 bits per heavy atom. The molecule has 1 heterocycles. The number of halogens is 3. The van der Waals surface area contributed by atoms with Crippen LogP contribution in [0, 0.1) is 24.1 Å². The highest BCUT2D eigenvalue weighted by Crippen LogP contribution is 2.64. The maximum absolute atomic E-state index is 14.9. The number of amides is 1. The molecule has 2 radical (unpaired) electrons. The van der Waals surface area contributed by atoms with E-state index in [-0.39, 0.29) is 11.8 Å². The fourth-order valence-electron chi connectivity index (χ4n) is 5.30. The molecule has 0 spiro atoms. The van der Waals surface area contributed by atoms with E-state index in [1.54, 1.807) is 6.07 Å². The number of rotatable bonds is 4. The van der Waals surface area contributed by atoms with E-state index in [4.69, 9.17) is 11.6 Å². The van der Waals surface area contributed by atoms with Crippen molar-refractivity contribution in [2.24, 2.45) is 11.3 Å². The SMILES string of the molecule is Cc1ccc(F)c(C(NC(=O)C2C[B-]CC2)C23CCC(F)(CC2)C3)c1Cl. The van der Waals surface area contributed by atoms with Crippen molar-refractivity contribution in [3.8, 4) is 0 Å². The van der Waals surface area contributed by atoms with Crippen molar-refractivity contribution in [2.45, 2.75) is 69.8 Å². The molecule has 1 aliphatic heterocycles. The molecule has 1 N–H and O–H groups in total. The van der Waals surface area contributed by atoms with Gasteiger partial charge in [-0.05, 0) is 62.0 Å². The first kappa shape index (κ1) is 18.3. The summed E-state index contributed by atoms with van der Waals surface area (Å²) in [5, 5.41) is 3.46.